The van der Waals surface area contributed by atoms with Crippen molar-refractivity contribution >= 4 is 11.6 Å². The summed E-state index contributed by atoms with van der Waals surface area (Å²) < 4.78 is 0. The summed E-state index contributed by atoms with van der Waals surface area (Å²) in [5.41, 5.74) is -13.4. The zero-order chi connectivity index (χ0) is 29.4. The van der Waals surface area contributed by atoms with E-state index in [9.17, 15) is 91.9 Å². The first-order chi connectivity index (χ1) is 16.2. The van der Waals surface area contributed by atoms with Gasteiger partial charge in [0.15, 0.2) is 23.0 Å². The van der Waals surface area contributed by atoms with Crippen molar-refractivity contribution < 1.29 is 91.9 Å². The molecule has 0 spiro atoms. The number of aromatic hydroxyl groups is 4. The van der Waals surface area contributed by atoms with Crippen LogP contribution in [0, 0.1) is 0 Å². The van der Waals surface area contributed by atoms with Gasteiger partial charge in [-0.3, -0.25) is 0 Å². The molecule has 1 aromatic rings. The molecule has 19 nitrogen and oxygen atoms in total. The Morgan fingerprint density at radius 3 is 1.22 bits per heavy atom. The van der Waals surface area contributed by atoms with Gasteiger partial charge in [-0.05, 0) is 12.8 Å². The van der Waals surface area contributed by atoms with Crippen molar-refractivity contribution in [1.82, 2.24) is 4.90 Å². The lowest BCUT2D eigenvalue weighted by Crippen LogP contribution is -2.81. The van der Waals surface area contributed by atoms with E-state index in [-0.39, 0.29) is 6.42 Å². The molecule has 2 rings (SSSR count). The van der Waals surface area contributed by atoms with Crippen LogP contribution in [0.1, 0.15) is 31.2 Å². The largest absolute Gasteiger partial charge is 0.504 e. The van der Waals surface area contributed by atoms with Crippen LogP contribution < -0.4 is 0 Å². The zero-order valence-electron chi connectivity index (χ0n) is 18.2. The third kappa shape index (κ3) is 4.63. The molecule has 0 heterocycles. The summed E-state index contributed by atoms with van der Waals surface area (Å²) >= 11 is 5.55. The van der Waals surface area contributed by atoms with Gasteiger partial charge < -0.3 is 91.9 Å². The third-order valence-electron chi connectivity index (χ3n) is 6.37. The highest BCUT2D eigenvalue weighted by atomic mass is 35.5. The number of hydrogen-bond acceptors (Lipinski definition) is 19. The second-order valence-electron chi connectivity index (χ2n) is 8.68. The minimum Gasteiger partial charge on any atom is -0.504 e. The van der Waals surface area contributed by atoms with Crippen LogP contribution in [0.25, 0.3) is 0 Å². The highest BCUT2D eigenvalue weighted by Gasteiger charge is 2.75. The van der Waals surface area contributed by atoms with Gasteiger partial charge in [0.2, 0.25) is 5.60 Å². The summed E-state index contributed by atoms with van der Waals surface area (Å²) in [6.07, 6.45) is -14.2. The second-order valence-corrected chi connectivity index (χ2v) is 9.06. The van der Waals surface area contributed by atoms with E-state index in [1.165, 1.54) is 0 Å². The summed E-state index contributed by atoms with van der Waals surface area (Å²) in [5.74, 6) is -15.8. The number of phenolic OH excluding ortho intramolecular Hbond substituents is 4. The van der Waals surface area contributed by atoms with Gasteiger partial charge in [0.05, 0.1) is 5.56 Å². The maximum Gasteiger partial charge on any atom is 0.354 e. The lowest BCUT2D eigenvalue weighted by molar-refractivity contribution is -0.564. The number of aliphatic hydroxyl groups is 14. The molecule has 1 atom stereocenters. The molecule has 1 aliphatic rings. The lowest BCUT2D eigenvalue weighted by Gasteiger charge is -2.61. The van der Waals surface area contributed by atoms with Gasteiger partial charge in [0.25, 0.3) is 0 Å². The summed E-state index contributed by atoms with van der Waals surface area (Å²) in [5, 5.41) is 178. The van der Waals surface area contributed by atoms with Crippen molar-refractivity contribution in [2.75, 3.05) is 0 Å². The number of benzene rings is 1. The monoisotopic (exact) mass is 567 g/mol. The maximum atomic E-state index is 11.6. The summed E-state index contributed by atoms with van der Waals surface area (Å²) in [7, 11) is 0. The Hall–Kier alpha value is -1.89. The fourth-order valence-corrected chi connectivity index (χ4v) is 4.66. The smallest absolute Gasteiger partial charge is 0.354 e. The van der Waals surface area contributed by atoms with Gasteiger partial charge in [-0.15, -0.1) is 4.90 Å². The molecule has 214 valence electrons. The van der Waals surface area contributed by atoms with Crippen LogP contribution in [0.3, 0.4) is 0 Å². The highest BCUT2D eigenvalue weighted by molar-refractivity contribution is 6.34. The van der Waals surface area contributed by atoms with Gasteiger partial charge in [-0.25, -0.2) is 0 Å². The highest BCUT2D eigenvalue weighted by Crippen LogP contribution is 2.64. The molecule has 1 unspecified atom stereocenters. The molecule has 0 saturated heterocycles. The minimum atomic E-state index is -4.92. The molecule has 1 aromatic carbocycles. The molecule has 0 aromatic heterocycles. The van der Waals surface area contributed by atoms with Gasteiger partial charge in [-0.2, -0.15) is 0 Å². The fraction of sp³-hybridized carbons (Fsp3) is 0.647. The van der Waals surface area contributed by atoms with E-state index in [0.29, 0.717) is 0 Å². The topological polar surface area (TPSA) is 367 Å². The van der Waals surface area contributed by atoms with Gasteiger partial charge >= 0.3 is 24.1 Å². The Morgan fingerprint density at radius 2 is 0.973 bits per heavy atom. The average Bonchev–Trinajstić information content (AvgIpc) is 2.62. The molecule has 1 fully saturated rings. The normalized spacial score (nSPS) is 19.0. The Kier molecular flexibility index (Phi) is 7.47. The summed E-state index contributed by atoms with van der Waals surface area (Å²) in [4.78, 5) is -1.39. The van der Waals surface area contributed by atoms with Crippen molar-refractivity contribution in [2.24, 2.45) is 0 Å². The first-order valence-electron chi connectivity index (χ1n) is 9.80. The van der Waals surface area contributed by atoms with Crippen molar-refractivity contribution in [3.8, 4) is 23.0 Å². The molecule has 1 aliphatic carbocycles. The quantitative estimate of drug-likeness (QED) is 0.0747. The van der Waals surface area contributed by atoms with Crippen molar-refractivity contribution in [2.45, 2.75) is 66.6 Å². The van der Waals surface area contributed by atoms with Crippen LogP contribution in [0.5, 0.6) is 23.0 Å². The molecule has 0 aliphatic heterocycles. The summed E-state index contributed by atoms with van der Waals surface area (Å²) in [6, 6.07) is 0. The predicted octanol–water partition coefficient (Wildman–Crippen LogP) is -6.87. The average molecular weight is 568 g/mol. The van der Waals surface area contributed by atoms with Gasteiger partial charge in [0.1, 0.15) is 10.7 Å². The lowest BCUT2D eigenvalue weighted by atomic mass is 9.55. The van der Waals surface area contributed by atoms with E-state index in [4.69, 9.17) is 11.6 Å². The maximum absolute atomic E-state index is 11.6. The molecule has 0 bridgehead atoms. The van der Waals surface area contributed by atoms with Crippen LogP contribution in [0.15, 0.2) is 0 Å². The van der Waals surface area contributed by atoms with Crippen LogP contribution in [-0.2, 0) is 5.41 Å². The third-order valence-corrected chi connectivity index (χ3v) is 6.73. The SMILES string of the molecule is Oc1c(O)c(C2(C(O)(CC(O)(C(O)(O)O)C(O)(O)O)N(C(O)(O)O)C(O)(O)O)CCC2)c(O)c(O)c1Cl. The number of nitrogens with zero attached hydrogens (tertiary/aromatic N) is 1. The van der Waals surface area contributed by atoms with Crippen molar-refractivity contribution in [1.29, 1.82) is 0 Å². The van der Waals surface area contributed by atoms with E-state index in [2.05, 4.69) is 0 Å². The number of hydrogen-bond donors (Lipinski definition) is 18. The fourth-order valence-electron chi connectivity index (χ4n) is 4.48. The van der Waals surface area contributed by atoms with Crippen molar-refractivity contribution in [3.63, 3.8) is 0 Å². The van der Waals surface area contributed by atoms with Crippen molar-refractivity contribution in [3.05, 3.63) is 10.6 Å². The molecular weight excluding hydrogens is 542 g/mol. The first-order valence-corrected chi connectivity index (χ1v) is 10.2. The predicted molar refractivity (Wildman–Crippen MR) is 108 cm³/mol. The van der Waals surface area contributed by atoms with Crippen LogP contribution in [-0.4, -0.2) is 132 Å². The van der Waals surface area contributed by atoms with Crippen LogP contribution in [0.4, 0.5) is 0 Å². The van der Waals surface area contributed by atoms with E-state index in [0.717, 1.165) is 0 Å². The number of phenols is 4. The van der Waals surface area contributed by atoms with E-state index < -0.39 is 98.6 Å². The molecular formula is C17H26ClNO18. The number of halogens is 1. The van der Waals surface area contributed by atoms with Crippen LogP contribution >= 0.6 is 11.6 Å². The molecule has 18 N–H and O–H groups in total. The molecule has 1 saturated carbocycles. The van der Waals surface area contributed by atoms with E-state index >= 15 is 0 Å². The molecule has 37 heavy (non-hydrogen) atoms. The Bertz CT molecular complexity index is 976. The van der Waals surface area contributed by atoms with Crippen LogP contribution in [0.2, 0.25) is 5.02 Å². The van der Waals surface area contributed by atoms with E-state index in [1.54, 1.807) is 0 Å². The standard InChI is InChI=1S/C17H26ClNO18/c18-6-9(22)7(20)5(8(21)10(6)23)11(2-1-3-11)13(25,19(16(32,33)34)17(35,36)37)4-12(24,14(26,27)28)15(29,30)31/h20-37H,1-4H2. The van der Waals surface area contributed by atoms with Gasteiger partial charge in [0, 0.05) is 11.8 Å². The summed E-state index contributed by atoms with van der Waals surface area (Å²) in [6.45, 7) is 0. The van der Waals surface area contributed by atoms with Gasteiger partial charge in [-0.1, -0.05) is 18.0 Å². The Balaban J connectivity index is 3.13. The molecule has 0 radical (unpaired) electrons. The molecule has 20 heteroatoms. The molecule has 0 amide bonds. The number of rotatable bonds is 9. The Labute approximate surface area is 209 Å². The Morgan fingerprint density at radius 1 is 0.622 bits per heavy atom. The second kappa shape index (κ2) is 8.82. The first kappa shape index (κ1) is 31.3. The van der Waals surface area contributed by atoms with E-state index in [1.807, 2.05) is 0 Å². The minimum absolute atomic E-state index is 0.201. The zero-order valence-corrected chi connectivity index (χ0v) is 19.0.